The van der Waals surface area contributed by atoms with Crippen molar-refractivity contribution in [2.24, 2.45) is 0 Å². The summed E-state index contributed by atoms with van der Waals surface area (Å²) in [4.78, 5) is 12.4. The Bertz CT molecular complexity index is 781. The number of ether oxygens (including phenoxy) is 3. The summed E-state index contributed by atoms with van der Waals surface area (Å²) in [7, 11) is -0.499. The van der Waals surface area contributed by atoms with Crippen molar-refractivity contribution in [3.8, 4) is 17.2 Å². The van der Waals surface area contributed by atoms with Gasteiger partial charge in [-0.3, -0.25) is 0 Å². The molecule has 2 aromatic carbocycles. The minimum Gasteiger partial charge on any atom is -0.494 e. The lowest BCUT2D eigenvalue weighted by molar-refractivity contribution is 0.0734. The zero-order valence-electron chi connectivity index (χ0n) is 20.0. The average Bonchev–Trinajstić information content (AvgIpc) is 2.77. The predicted molar refractivity (Wildman–Crippen MR) is 132 cm³/mol. The van der Waals surface area contributed by atoms with E-state index in [2.05, 4.69) is 27.7 Å². The molecule has 0 bridgehead atoms. The summed E-state index contributed by atoms with van der Waals surface area (Å²) in [5, 5.41) is 0. The highest BCUT2D eigenvalue weighted by molar-refractivity contribution is 6.27. The van der Waals surface area contributed by atoms with Crippen LogP contribution < -0.4 is 14.2 Å². The third kappa shape index (κ3) is 10.8. The summed E-state index contributed by atoms with van der Waals surface area (Å²) in [6, 6.07) is 15.3. The van der Waals surface area contributed by atoms with Crippen molar-refractivity contribution in [2.45, 2.75) is 71.4 Å². The summed E-state index contributed by atoms with van der Waals surface area (Å²) in [5.74, 6) is 1.64. The molecule has 176 valence electrons. The lowest BCUT2D eigenvalue weighted by Crippen LogP contribution is -2.21. The smallest absolute Gasteiger partial charge is 0.343 e. The van der Waals surface area contributed by atoms with Gasteiger partial charge in [-0.05, 0) is 88.2 Å². The lowest BCUT2D eigenvalue weighted by atomic mass is 10.2. The molecule has 0 aliphatic heterocycles. The second-order valence-corrected chi connectivity index (χ2v) is 10.2. The molecule has 0 fully saturated rings. The molecular weight excluding hydrogens is 420 g/mol. The Morgan fingerprint density at radius 2 is 1.34 bits per heavy atom. The maximum atomic E-state index is 12.4. The molecule has 0 saturated heterocycles. The van der Waals surface area contributed by atoms with Gasteiger partial charge in [0.05, 0.1) is 18.8 Å². The summed E-state index contributed by atoms with van der Waals surface area (Å²) in [5.41, 5.74) is 0.445. The van der Waals surface area contributed by atoms with E-state index >= 15 is 0 Å². The van der Waals surface area contributed by atoms with Crippen LogP contribution in [0.5, 0.6) is 17.2 Å². The van der Waals surface area contributed by atoms with Crippen LogP contribution in [0.1, 0.15) is 70.2 Å². The number of carbonyl (C=O) groups excluding carboxylic acids is 1. The normalized spacial score (nSPS) is 11.6. The van der Waals surface area contributed by atoms with E-state index in [0.717, 1.165) is 30.4 Å². The zero-order chi connectivity index (χ0) is 23.2. The SMILES string of the molecule is CCCCCCOc1ccc(OC(=O)c2ccc(OCCC[SiH2]OC(C)(C)C)cc2)cc1. The van der Waals surface area contributed by atoms with Gasteiger partial charge in [0, 0.05) is 5.60 Å². The van der Waals surface area contributed by atoms with E-state index in [4.69, 9.17) is 18.6 Å². The van der Waals surface area contributed by atoms with Gasteiger partial charge in [-0.15, -0.1) is 0 Å². The Balaban J connectivity index is 1.69. The molecule has 0 spiro atoms. The maximum absolute atomic E-state index is 12.4. The third-order valence-electron chi connectivity index (χ3n) is 4.73. The number of hydrogen-bond acceptors (Lipinski definition) is 5. The average molecular weight is 459 g/mol. The molecule has 0 aliphatic carbocycles. The number of esters is 1. The molecule has 0 aliphatic rings. The predicted octanol–water partition coefficient (Wildman–Crippen LogP) is 5.95. The van der Waals surface area contributed by atoms with Crippen LogP contribution in [0.4, 0.5) is 0 Å². The molecule has 0 atom stereocenters. The second kappa shape index (κ2) is 14.0. The van der Waals surface area contributed by atoms with Crippen LogP contribution in [0.25, 0.3) is 0 Å². The standard InChI is InChI=1S/C26H38O5Si/c1-5-6-7-8-18-28-23-14-16-24(17-15-23)30-25(27)21-10-12-22(13-11-21)29-19-9-20-32-31-26(2,3)4/h10-17H,5-9,18-20,32H2,1-4H3. The Kier molecular flexibility index (Phi) is 11.3. The van der Waals surface area contributed by atoms with Gasteiger partial charge in [0.2, 0.25) is 0 Å². The van der Waals surface area contributed by atoms with Crippen LogP contribution in [0, 0.1) is 0 Å². The van der Waals surface area contributed by atoms with Gasteiger partial charge >= 0.3 is 5.97 Å². The van der Waals surface area contributed by atoms with E-state index in [1.54, 1.807) is 36.4 Å². The van der Waals surface area contributed by atoms with Crippen LogP contribution in [0.2, 0.25) is 6.04 Å². The first-order valence-corrected chi connectivity index (χ1v) is 13.3. The fourth-order valence-corrected chi connectivity index (χ4v) is 4.11. The first-order valence-electron chi connectivity index (χ1n) is 11.7. The molecule has 6 heteroatoms. The van der Waals surface area contributed by atoms with Gasteiger partial charge in [-0.1, -0.05) is 26.2 Å². The van der Waals surface area contributed by atoms with Crippen molar-refractivity contribution in [3.05, 3.63) is 54.1 Å². The summed E-state index contributed by atoms with van der Waals surface area (Å²) in [6.45, 7) is 9.81. The fourth-order valence-electron chi connectivity index (χ4n) is 2.95. The van der Waals surface area contributed by atoms with Crippen LogP contribution in [-0.4, -0.2) is 34.5 Å². The minimum atomic E-state index is -0.499. The molecule has 0 saturated carbocycles. The van der Waals surface area contributed by atoms with Crippen molar-refractivity contribution in [2.75, 3.05) is 13.2 Å². The summed E-state index contributed by atoms with van der Waals surface area (Å²) < 4.78 is 22.8. The zero-order valence-corrected chi connectivity index (χ0v) is 21.4. The van der Waals surface area contributed by atoms with Crippen LogP contribution >= 0.6 is 0 Å². The number of benzene rings is 2. The first kappa shape index (κ1) is 25.9. The summed E-state index contributed by atoms with van der Waals surface area (Å²) >= 11 is 0. The van der Waals surface area contributed by atoms with Crippen LogP contribution in [0.15, 0.2) is 48.5 Å². The minimum absolute atomic E-state index is 0.0405. The highest BCUT2D eigenvalue weighted by atomic mass is 28.2. The maximum Gasteiger partial charge on any atom is 0.343 e. The van der Waals surface area contributed by atoms with Gasteiger partial charge in [0.25, 0.3) is 0 Å². The van der Waals surface area contributed by atoms with Crippen molar-refractivity contribution in [3.63, 3.8) is 0 Å². The molecule has 0 N–H and O–H groups in total. The van der Waals surface area contributed by atoms with E-state index < -0.39 is 15.7 Å². The van der Waals surface area contributed by atoms with Crippen molar-refractivity contribution < 1.29 is 23.4 Å². The number of rotatable bonds is 14. The third-order valence-corrected chi connectivity index (χ3v) is 6.59. The van der Waals surface area contributed by atoms with Gasteiger partial charge in [-0.2, -0.15) is 0 Å². The van der Waals surface area contributed by atoms with Gasteiger partial charge in [0.15, 0.2) is 9.76 Å². The van der Waals surface area contributed by atoms with Crippen molar-refractivity contribution in [1.82, 2.24) is 0 Å². The molecule has 0 unspecified atom stereocenters. The highest BCUT2D eigenvalue weighted by Crippen LogP contribution is 2.20. The largest absolute Gasteiger partial charge is 0.494 e. The Morgan fingerprint density at radius 1 is 0.781 bits per heavy atom. The molecule has 32 heavy (non-hydrogen) atoms. The number of unbranched alkanes of at least 4 members (excludes halogenated alkanes) is 3. The number of carbonyl (C=O) groups is 1. The molecule has 2 aromatic rings. The molecule has 0 amide bonds. The van der Waals surface area contributed by atoms with E-state index in [-0.39, 0.29) is 5.60 Å². The molecule has 0 aromatic heterocycles. The van der Waals surface area contributed by atoms with Gasteiger partial charge in [0.1, 0.15) is 17.2 Å². The first-order chi connectivity index (χ1) is 15.4. The fraction of sp³-hybridized carbons (Fsp3) is 0.500. The number of hydrogen-bond donors (Lipinski definition) is 0. The molecule has 0 heterocycles. The van der Waals surface area contributed by atoms with Crippen molar-refractivity contribution in [1.29, 1.82) is 0 Å². The van der Waals surface area contributed by atoms with E-state index in [0.29, 0.717) is 24.5 Å². The van der Waals surface area contributed by atoms with E-state index in [9.17, 15) is 4.79 Å². The molecule has 5 nitrogen and oxygen atoms in total. The highest BCUT2D eigenvalue weighted by Gasteiger charge is 2.10. The van der Waals surface area contributed by atoms with Gasteiger partial charge < -0.3 is 18.6 Å². The van der Waals surface area contributed by atoms with Crippen molar-refractivity contribution >= 4 is 15.7 Å². The topological polar surface area (TPSA) is 54.0 Å². The summed E-state index contributed by atoms with van der Waals surface area (Å²) in [6.07, 6.45) is 5.66. The van der Waals surface area contributed by atoms with Crippen LogP contribution in [-0.2, 0) is 4.43 Å². The lowest BCUT2D eigenvalue weighted by Gasteiger charge is -2.19. The molecule has 2 rings (SSSR count). The Morgan fingerprint density at radius 3 is 1.94 bits per heavy atom. The quantitative estimate of drug-likeness (QED) is 0.151. The monoisotopic (exact) mass is 458 g/mol. The van der Waals surface area contributed by atoms with E-state index in [1.165, 1.54) is 19.3 Å². The molecule has 0 radical (unpaired) electrons. The molecular formula is C26H38O5Si. The van der Waals surface area contributed by atoms with Crippen LogP contribution in [0.3, 0.4) is 0 Å². The van der Waals surface area contributed by atoms with E-state index in [1.807, 2.05) is 12.1 Å². The Hall–Kier alpha value is -2.31. The Labute approximate surface area is 195 Å². The van der Waals surface area contributed by atoms with Gasteiger partial charge in [-0.25, -0.2) is 4.79 Å². The second-order valence-electron chi connectivity index (χ2n) is 8.81.